The van der Waals surface area contributed by atoms with E-state index in [0.717, 1.165) is 24.3 Å². The third-order valence-electron chi connectivity index (χ3n) is 1.80. The second kappa shape index (κ2) is 6.74. The maximum Gasteiger partial charge on any atom is 0.0377 e. The molecule has 0 rings (SSSR count). The van der Waals surface area contributed by atoms with Crippen molar-refractivity contribution in [3.05, 3.63) is 0 Å². The molecule has 2 heteroatoms. The molecule has 14 heavy (non-hydrogen) atoms. The number of hydrogen-bond donors (Lipinski definition) is 0. The Morgan fingerprint density at radius 1 is 0.786 bits per heavy atom. The zero-order valence-electron chi connectivity index (χ0n) is 10.5. The highest BCUT2D eigenvalue weighted by Gasteiger charge is 1.98. The normalized spacial score (nSPS) is 14.3. The summed E-state index contributed by atoms with van der Waals surface area (Å²) in [5.41, 5.74) is 2.26. The number of nitrogens with zero attached hydrogens (tertiary/aromatic N) is 2. The fourth-order valence-corrected chi connectivity index (χ4v) is 1.43. The lowest BCUT2D eigenvalue weighted by molar-refractivity contribution is 0.676. The van der Waals surface area contributed by atoms with Crippen molar-refractivity contribution in [2.75, 3.05) is 0 Å². The molecule has 0 heterocycles. The van der Waals surface area contributed by atoms with Gasteiger partial charge in [-0.2, -0.15) is 10.2 Å². The summed E-state index contributed by atoms with van der Waals surface area (Å²) in [6, 6.07) is 0. The Morgan fingerprint density at radius 2 is 1.07 bits per heavy atom. The van der Waals surface area contributed by atoms with Gasteiger partial charge in [0.2, 0.25) is 0 Å². The van der Waals surface area contributed by atoms with Crippen LogP contribution in [0.4, 0.5) is 0 Å². The lowest BCUT2D eigenvalue weighted by atomic mass is 10.1. The molecular weight excluding hydrogens is 172 g/mol. The Kier molecular flexibility index (Phi) is 6.43. The van der Waals surface area contributed by atoms with Gasteiger partial charge in [-0.3, -0.25) is 0 Å². The molecule has 0 amide bonds. The van der Waals surface area contributed by atoms with Crippen LogP contribution in [0, 0.1) is 11.8 Å². The molecule has 0 saturated carbocycles. The fraction of sp³-hybridized carbons (Fsp3) is 0.833. The van der Waals surface area contributed by atoms with E-state index < -0.39 is 0 Å². The topological polar surface area (TPSA) is 24.7 Å². The molecule has 0 atom stereocenters. The first-order valence-electron chi connectivity index (χ1n) is 5.48. The summed E-state index contributed by atoms with van der Waals surface area (Å²) >= 11 is 0. The van der Waals surface area contributed by atoms with Gasteiger partial charge in [-0.05, 0) is 38.5 Å². The molecule has 0 bridgehead atoms. The zero-order chi connectivity index (χ0) is 11.1. The molecule has 0 aromatic rings. The summed E-state index contributed by atoms with van der Waals surface area (Å²) in [7, 11) is 0. The van der Waals surface area contributed by atoms with E-state index in [1.54, 1.807) is 0 Å². The van der Waals surface area contributed by atoms with Crippen molar-refractivity contribution >= 4 is 11.4 Å². The monoisotopic (exact) mass is 196 g/mol. The molecule has 0 saturated heterocycles. The Bertz CT molecular complexity index is 188. The second-order valence-electron chi connectivity index (χ2n) is 4.87. The van der Waals surface area contributed by atoms with Crippen LogP contribution >= 0.6 is 0 Å². The summed E-state index contributed by atoms with van der Waals surface area (Å²) in [6.45, 7) is 12.9. The van der Waals surface area contributed by atoms with Gasteiger partial charge in [-0.25, -0.2) is 0 Å². The Labute approximate surface area is 88.5 Å². The maximum absolute atomic E-state index is 4.22. The first-order valence-corrected chi connectivity index (χ1v) is 5.48. The predicted octanol–water partition coefficient (Wildman–Crippen LogP) is 3.92. The molecule has 0 aromatic heterocycles. The van der Waals surface area contributed by atoms with Gasteiger partial charge < -0.3 is 0 Å². The molecule has 0 radical (unpaired) electrons. The minimum absolute atomic E-state index is 0.666. The Hall–Kier alpha value is -0.660. The van der Waals surface area contributed by atoms with E-state index in [9.17, 15) is 0 Å². The summed E-state index contributed by atoms with van der Waals surface area (Å²) in [5.74, 6) is 1.33. The Balaban J connectivity index is 4.09. The van der Waals surface area contributed by atoms with Gasteiger partial charge in [0.05, 0.1) is 0 Å². The molecule has 0 aliphatic carbocycles. The van der Waals surface area contributed by atoms with Crippen molar-refractivity contribution < 1.29 is 0 Å². The quantitative estimate of drug-likeness (QED) is 0.470. The van der Waals surface area contributed by atoms with Crippen molar-refractivity contribution in [3.8, 4) is 0 Å². The summed E-state index contributed by atoms with van der Waals surface area (Å²) in [6.07, 6.45) is 2.08. The van der Waals surface area contributed by atoms with E-state index in [1.165, 1.54) is 0 Å². The maximum atomic E-state index is 4.22. The van der Waals surface area contributed by atoms with Crippen molar-refractivity contribution in [2.45, 2.75) is 54.4 Å². The third kappa shape index (κ3) is 7.96. The molecular formula is C12H24N2. The zero-order valence-corrected chi connectivity index (χ0v) is 10.5. The van der Waals surface area contributed by atoms with Gasteiger partial charge in [-0.15, -0.1) is 0 Å². The predicted molar refractivity (Wildman–Crippen MR) is 65.1 cm³/mol. The average Bonchev–Trinajstić information content (AvgIpc) is 1.98. The van der Waals surface area contributed by atoms with Crippen molar-refractivity contribution in [3.63, 3.8) is 0 Å². The van der Waals surface area contributed by atoms with Crippen LogP contribution in [0.15, 0.2) is 10.2 Å². The SMILES string of the molecule is C/C(CC(C)C)=N\N=C(/C)CC(C)C. The molecule has 0 N–H and O–H groups in total. The highest BCUT2D eigenvalue weighted by atomic mass is 15.2. The van der Waals surface area contributed by atoms with Crippen LogP contribution in [0.5, 0.6) is 0 Å². The van der Waals surface area contributed by atoms with Crippen LogP contribution in [0.2, 0.25) is 0 Å². The number of rotatable bonds is 5. The molecule has 0 aliphatic rings. The Morgan fingerprint density at radius 3 is 1.29 bits per heavy atom. The first-order chi connectivity index (χ1) is 6.41. The smallest absolute Gasteiger partial charge is 0.0377 e. The second-order valence-corrected chi connectivity index (χ2v) is 4.87. The van der Waals surface area contributed by atoms with Gasteiger partial charge >= 0.3 is 0 Å². The number of hydrogen-bond acceptors (Lipinski definition) is 2. The fourth-order valence-electron chi connectivity index (χ4n) is 1.43. The minimum atomic E-state index is 0.666. The molecule has 0 spiro atoms. The largest absolute Gasteiger partial charge is 0.160 e. The average molecular weight is 196 g/mol. The van der Waals surface area contributed by atoms with Crippen LogP contribution in [-0.4, -0.2) is 11.4 Å². The van der Waals surface area contributed by atoms with Gasteiger partial charge in [0, 0.05) is 11.4 Å². The minimum Gasteiger partial charge on any atom is -0.160 e. The van der Waals surface area contributed by atoms with Crippen LogP contribution in [0.1, 0.15) is 54.4 Å². The molecule has 2 nitrogen and oxygen atoms in total. The lowest BCUT2D eigenvalue weighted by Crippen LogP contribution is -2.00. The van der Waals surface area contributed by atoms with E-state index in [1.807, 2.05) is 13.8 Å². The summed E-state index contributed by atoms with van der Waals surface area (Å²) in [4.78, 5) is 0. The highest BCUT2D eigenvalue weighted by Crippen LogP contribution is 2.04. The van der Waals surface area contributed by atoms with E-state index in [0.29, 0.717) is 11.8 Å². The van der Waals surface area contributed by atoms with Gasteiger partial charge in [-0.1, -0.05) is 27.7 Å². The van der Waals surface area contributed by atoms with Gasteiger partial charge in [0.25, 0.3) is 0 Å². The standard InChI is InChI=1S/C12H24N2/c1-9(2)7-11(5)13-14-12(6)8-10(3)4/h9-10H,7-8H2,1-6H3/b13-11+,14-12+. The van der Waals surface area contributed by atoms with E-state index >= 15 is 0 Å². The van der Waals surface area contributed by atoms with E-state index in [2.05, 4.69) is 37.9 Å². The van der Waals surface area contributed by atoms with Gasteiger partial charge in [0.1, 0.15) is 0 Å². The summed E-state index contributed by atoms with van der Waals surface area (Å²) < 4.78 is 0. The highest BCUT2D eigenvalue weighted by molar-refractivity contribution is 5.85. The van der Waals surface area contributed by atoms with Crippen molar-refractivity contribution in [1.82, 2.24) is 0 Å². The molecule has 0 aromatic carbocycles. The van der Waals surface area contributed by atoms with E-state index in [4.69, 9.17) is 0 Å². The van der Waals surface area contributed by atoms with Crippen molar-refractivity contribution in [2.24, 2.45) is 22.0 Å². The van der Waals surface area contributed by atoms with Crippen LogP contribution in [-0.2, 0) is 0 Å². The van der Waals surface area contributed by atoms with Crippen LogP contribution in [0.3, 0.4) is 0 Å². The van der Waals surface area contributed by atoms with E-state index in [-0.39, 0.29) is 0 Å². The molecule has 0 unspecified atom stereocenters. The lowest BCUT2D eigenvalue weighted by Gasteiger charge is -2.03. The first kappa shape index (κ1) is 13.3. The third-order valence-corrected chi connectivity index (χ3v) is 1.80. The molecule has 82 valence electrons. The molecule has 0 aliphatic heterocycles. The molecule has 0 fully saturated rings. The van der Waals surface area contributed by atoms with Gasteiger partial charge in [0.15, 0.2) is 0 Å². The van der Waals surface area contributed by atoms with Crippen molar-refractivity contribution in [1.29, 1.82) is 0 Å². The van der Waals surface area contributed by atoms with Crippen LogP contribution < -0.4 is 0 Å². The summed E-state index contributed by atoms with van der Waals surface area (Å²) in [5, 5.41) is 8.44. The van der Waals surface area contributed by atoms with Crippen LogP contribution in [0.25, 0.3) is 0 Å².